The van der Waals surface area contributed by atoms with Crippen molar-refractivity contribution in [3.8, 4) is 11.4 Å². The predicted octanol–water partition coefficient (Wildman–Crippen LogP) is 3.39. The third-order valence-electron chi connectivity index (χ3n) is 2.57. The maximum Gasteiger partial charge on any atom is 0.243 e. The molecule has 0 spiro atoms. The Morgan fingerprint density at radius 1 is 1.53 bits per heavy atom. The minimum Gasteiger partial charge on any atom is -0.337 e. The summed E-state index contributed by atoms with van der Waals surface area (Å²) in [6.45, 7) is 0. The fourth-order valence-corrected chi connectivity index (χ4v) is 2.38. The molecule has 2 N–H and O–H groups in total. The van der Waals surface area contributed by atoms with Crippen LogP contribution in [-0.2, 0) is 0 Å². The number of thioether (sulfide) groups is 1. The Labute approximate surface area is 123 Å². The molecule has 0 aliphatic rings. The summed E-state index contributed by atoms with van der Waals surface area (Å²) in [5.74, 6) is 1.42. The van der Waals surface area contributed by atoms with E-state index in [-0.39, 0.29) is 11.9 Å². The zero-order valence-electron chi connectivity index (χ0n) is 10.3. The molecule has 1 aromatic carbocycles. The second-order valence-electron chi connectivity index (χ2n) is 3.97. The van der Waals surface area contributed by atoms with Gasteiger partial charge >= 0.3 is 0 Å². The molecule has 1 heterocycles. The standard InChI is InChI=1S/C12H13BrFN3OS/c1-19-5-4-10(15)12-16-11(17-18-12)7-2-3-9(14)8(13)6-7/h2-3,6,10H,4-5,15H2,1H3/t10-/m0/s1. The van der Waals surface area contributed by atoms with Gasteiger partial charge < -0.3 is 10.3 Å². The van der Waals surface area contributed by atoms with Gasteiger partial charge in [0.2, 0.25) is 11.7 Å². The maximum absolute atomic E-state index is 13.2. The average molecular weight is 346 g/mol. The highest BCUT2D eigenvalue weighted by Gasteiger charge is 2.15. The first kappa shape index (κ1) is 14.5. The second kappa shape index (κ2) is 6.49. The number of halogens is 2. The van der Waals surface area contributed by atoms with Gasteiger partial charge in [0.1, 0.15) is 5.82 Å². The highest BCUT2D eigenvalue weighted by atomic mass is 79.9. The topological polar surface area (TPSA) is 64.9 Å². The van der Waals surface area contributed by atoms with E-state index >= 15 is 0 Å². The van der Waals surface area contributed by atoms with Crippen LogP contribution in [0.4, 0.5) is 4.39 Å². The van der Waals surface area contributed by atoms with Gasteiger partial charge in [0.05, 0.1) is 10.5 Å². The summed E-state index contributed by atoms with van der Waals surface area (Å²) in [7, 11) is 0. The van der Waals surface area contributed by atoms with E-state index in [0.29, 0.717) is 21.8 Å². The molecule has 0 saturated heterocycles. The smallest absolute Gasteiger partial charge is 0.243 e. The third kappa shape index (κ3) is 3.55. The summed E-state index contributed by atoms with van der Waals surface area (Å²) < 4.78 is 18.7. The Hall–Kier alpha value is -0.920. The van der Waals surface area contributed by atoms with Crippen molar-refractivity contribution in [1.29, 1.82) is 0 Å². The van der Waals surface area contributed by atoms with Crippen LogP contribution in [0.2, 0.25) is 0 Å². The minimum atomic E-state index is -0.329. The van der Waals surface area contributed by atoms with Gasteiger partial charge in [0.25, 0.3) is 0 Å². The Bertz CT molecular complexity index is 564. The first-order valence-corrected chi connectivity index (χ1v) is 7.84. The lowest BCUT2D eigenvalue weighted by atomic mass is 10.2. The molecule has 1 atom stereocenters. The van der Waals surface area contributed by atoms with E-state index in [1.165, 1.54) is 6.07 Å². The summed E-state index contributed by atoms with van der Waals surface area (Å²) in [6, 6.07) is 4.29. The lowest BCUT2D eigenvalue weighted by molar-refractivity contribution is 0.353. The number of aromatic nitrogens is 2. The molecule has 0 fully saturated rings. The van der Waals surface area contributed by atoms with Crippen LogP contribution < -0.4 is 5.73 Å². The van der Waals surface area contributed by atoms with Crippen LogP contribution in [-0.4, -0.2) is 22.1 Å². The van der Waals surface area contributed by atoms with E-state index in [4.69, 9.17) is 10.3 Å². The number of rotatable bonds is 5. The van der Waals surface area contributed by atoms with Crippen LogP contribution in [0.5, 0.6) is 0 Å². The fraction of sp³-hybridized carbons (Fsp3) is 0.333. The van der Waals surface area contributed by atoms with Crippen LogP contribution >= 0.6 is 27.7 Å². The molecule has 4 nitrogen and oxygen atoms in total. The molecule has 2 rings (SSSR count). The van der Waals surface area contributed by atoms with Crippen LogP contribution in [0.3, 0.4) is 0 Å². The highest BCUT2D eigenvalue weighted by molar-refractivity contribution is 9.10. The fourth-order valence-electron chi connectivity index (χ4n) is 1.51. The first-order chi connectivity index (χ1) is 9.11. The molecular formula is C12H13BrFN3OS. The van der Waals surface area contributed by atoms with E-state index < -0.39 is 0 Å². The van der Waals surface area contributed by atoms with Crippen molar-refractivity contribution in [2.45, 2.75) is 12.5 Å². The van der Waals surface area contributed by atoms with E-state index in [9.17, 15) is 4.39 Å². The number of hydrogen-bond acceptors (Lipinski definition) is 5. The van der Waals surface area contributed by atoms with Crippen LogP contribution in [0.25, 0.3) is 11.4 Å². The zero-order valence-corrected chi connectivity index (χ0v) is 12.7. The molecule has 0 amide bonds. The molecule has 2 aromatic rings. The van der Waals surface area contributed by atoms with E-state index in [1.54, 1.807) is 23.9 Å². The van der Waals surface area contributed by atoms with Crippen molar-refractivity contribution < 1.29 is 8.91 Å². The van der Waals surface area contributed by atoms with Crippen LogP contribution in [0.15, 0.2) is 27.2 Å². The molecule has 0 aliphatic heterocycles. The monoisotopic (exact) mass is 345 g/mol. The number of nitrogens with two attached hydrogens (primary N) is 1. The summed E-state index contributed by atoms with van der Waals surface area (Å²) >= 11 is 4.84. The summed E-state index contributed by atoms with van der Waals surface area (Å²) in [5, 5.41) is 3.87. The molecular weight excluding hydrogens is 333 g/mol. The Morgan fingerprint density at radius 2 is 2.32 bits per heavy atom. The van der Waals surface area contributed by atoms with Crippen molar-refractivity contribution in [2.24, 2.45) is 5.73 Å². The Morgan fingerprint density at radius 3 is 3.00 bits per heavy atom. The van der Waals surface area contributed by atoms with Gasteiger partial charge in [-0.15, -0.1) is 0 Å². The summed E-state index contributed by atoms with van der Waals surface area (Å²) in [6.07, 6.45) is 2.79. The maximum atomic E-state index is 13.2. The lowest BCUT2D eigenvalue weighted by Crippen LogP contribution is -2.11. The quantitative estimate of drug-likeness (QED) is 0.899. The van der Waals surface area contributed by atoms with Gasteiger partial charge in [-0.25, -0.2) is 4.39 Å². The van der Waals surface area contributed by atoms with E-state index in [0.717, 1.165) is 12.2 Å². The lowest BCUT2D eigenvalue weighted by Gasteiger charge is -2.03. The number of hydrogen-bond donors (Lipinski definition) is 1. The largest absolute Gasteiger partial charge is 0.337 e. The average Bonchev–Trinajstić information content (AvgIpc) is 2.89. The molecule has 0 saturated carbocycles. The SMILES string of the molecule is CSCC[C@H](N)c1nc(-c2ccc(F)c(Br)c2)no1. The van der Waals surface area contributed by atoms with E-state index in [2.05, 4.69) is 26.1 Å². The zero-order chi connectivity index (χ0) is 13.8. The normalized spacial score (nSPS) is 12.6. The van der Waals surface area contributed by atoms with Gasteiger partial charge in [-0.2, -0.15) is 16.7 Å². The third-order valence-corrected chi connectivity index (χ3v) is 3.82. The van der Waals surface area contributed by atoms with Gasteiger partial charge in [-0.1, -0.05) is 5.16 Å². The number of nitrogens with zero attached hydrogens (tertiary/aromatic N) is 2. The van der Waals surface area contributed by atoms with E-state index in [1.807, 2.05) is 6.26 Å². The molecule has 7 heteroatoms. The molecule has 102 valence electrons. The molecule has 0 unspecified atom stereocenters. The summed E-state index contributed by atoms with van der Waals surface area (Å²) in [5.41, 5.74) is 6.63. The van der Waals surface area contributed by atoms with Crippen molar-refractivity contribution in [2.75, 3.05) is 12.0 Å². The van der Waals surface area contributed by atoms with Crippen molar-refractivity contribution in [1.82, 2.24) is 10.1 Å². The first-order valence-electron chi connectivity index (χ1n) is 5.65. The van der Waals surface area contributed by atoms with Gasteiger partial charge in [-0.05, 0) is 52.6 Å². The van der Waals surface area contributed by atoms with Gasteiger partial charge in [0.15, 0.2) is 0 Å². The van der Waals surface area contributed by atoms with Crippen LogP contribution in [0, 0.1) is 5.82 Å². The van der Waals surface area contributed by atoms with Crippen molar-refractivity contribution in [3.63, 3.8) is 0 Å². The van der Waals surface area contributed by atoms with Crippen molar-refractivity contribution in [3.05, 3.63) is 34.4 Å². The van der Waals surface area contributed by atoms with Gasteiger partial charge in [-0.3, -0.25) is 0 Å². The molecule has 0 radical (unpaired) electrons. The molecule has 0 aliphatic carbocycles. The second-order valence-corrected chi connectivity index (χ2v) is 5.81. The molecule has 1 aromatic heterocycles. The Kier molecular flexibility index (Phi) is 4.95. The molecule has 0 bridgehead atoms. The van der Waals surface area contributed by atoms with Crippen molar-refractivity contribution >= 4 is 27.7 Å². The number of benzene rings is 1. The Balaban J connectivity index is 2.18. The van der Waals surface area contributed by atoms with Crippen LogP contribution in [0.1, 0.15) is 18.4 Å². The predicted molar refractivity (Wildman–Crippen MR) is 77.3 cm³/mol. The highest BCUT2D eigenvalue weighted by Crippen LogP contribution is 2.24. The minimum absolute atomic E-state index is 0.266. The molecule has 19 heavy (non-hydrogen) atoms. The summed E-state index contributed by atoms with van der Waals surface area (Å²) in [4.78, 5) is 4.25. The van der Waals surface area contributed by atoms with Gasteiger partial charge in [0, 0.05) is 5.56 Å².